The number of nitrogens with one attached hydrogen (secondary N) is 1. The van der Waals surface area contributed by atoms with E-state index in [9.17, 15) is 9.59 Å². The number of carbonyl (C=O) groups excluding carboxylic acids is 2. The average molecular weight is 556 g/mol. The van der Waals surface area contributed by atoms with E-state index in [2.05, 4.69) is 43.1 Å². The molecule has 5 rings (SSSR count). The van der Waals surface area contributed by atoms with Crippen molar-refractivity contribution in [2.24, 2.45) is 11.8 Å². The molecular weight excluding hydrogens is 510 g/mol. The lowest BCUT2D eigenvalue weighted by Gasteiger charge is -2.46. The third-order valence-corrected chi connectivity index (χ3v) is 9.23. The van der Waals surface area contributed by atoms with Crippen LogP contribution in [-0.4, -0.2) is 63.1 Å². The highest BCUT2D eigenvalue weighted by Gasteiger charge is 2.46. The van der Waals surface area contributed by atoms with Gasteiger partial charge in [-0.25, -0.2) is 4.68 Å². The fourth-order valence-electron chi connectivity index (χ4n) is 6.97. The number of amides is 2. The van der Waals surface area contributed by atoms with Crippen molar-refractivity contribution < 1.29 is 9.59 Å². The van der Waals surface area contributed by atoms with E-state index in [-0.39, 0.29) is 42.2 Å². The summed E-state index contributed by atoms with van der Waals surface area (Å²) in [6, 6.07) is 9.67. The Kier molecular flexibility index (Phi) is 10.1. The molecule has 3 heterocycles. The lowest BCUT2D eigenvalue weighted by atomic mass is 9.80. The van der Waals surface area contributed by atoms with Crippen molar-refractivity contribution in [2.75, 3.05) is 19.6 Å². The van der Waals surface area contributed by atoms with E-state index in [0.29, 0.717) is 12.5 Å². The first kappa shape index (κ1) is 29.6. The van der Waals surface area contributed by atoms with Gasteiger partial charge in [0.15, 0.2) is 0 Å². The van der Waals surface area contributed by atoms with Crippen molar-refractivity contribution in [1.29, 1.82) is 0 Å². The predicted molar refractivity (Wildman–Crippen MR) is 157 cm³/mol. The zero-order valence-corrected chi connectivity index (χ0v) is 24.7. The molecule has 1 saturated carbocycles. The van der Waals surface area contributed by atoms with Crippen LogP contribution in [0, 0.1) is 25.7 Å². The van der Waals surface area contributed by atoms with Crippen molar-refractivity contribution in [3.05, 3.63) is 47.3 Å². The van der Waals surface area contributed by atoms with Crippen LogP contribution in [-0.2, 0) is 16.1 Å². The van der Waals surface area contributed by atoms with Gasteiger partial charge < -0.3 is 10.2 Å². The molecule has 3 aliphatic rings. The van der Waals surface area contributed by atoms with E-state index >= 15 is 0 Å². The summed E-state index contributed by atoms with van der Waals surface area (Å²) in [6.07, 6.45) is 9.56. The van der Waals surface area contributed by atoms with Crippen LogP contribution in [0.1, 0.15) is 81.7 Å². The van der Waals surface area contributed by atoms with Gasteiger partial charge in [0.05, 0.1) is 11.4 Å². The highest BCUT2D eigenvalue weighted by atomic mass is 35.5. The van der Waals surface area contributed by atoms with E-state index in [1.807, 2.05) is 27.8 Å². The number of hydrogen-bond donors (Lipinski definition) is 1. The van der Waals surface area contributed by atoms with Crippen molar-refractivity contribution >= 4 is 24.2 Å². The molecule has 1 aromatic carbocycles. The Morgan fingerprint density at radius 1 is 0.949 bits per heavy atom. The number of piperazine rings is 1. The molecule has 3 fully saturated rings. The lowest BCUT2D eigenvalue weighted by Crippen LogP contribution is -2.67. The first-order valence-electron chi connectivity index (χ1n) is 14.9. The van der Waals surface area contributed by atoms with Gasteiger partial charge in [-0.05, 0) is 83.0 Å². The highest BCUT2D eigenvalue weighted by Crippen LogP contribution is 2.33. The molecule has 2 atom stereocenters. The Morgan fingerprint density at radius 3 is 2.31 bits per heavy atom. The minimum absolute atomic E-state index is 0. The fourth-order valence-corrected chi connectivity index (χ4v) is 6.97. The van der Waals surface area contributed by atoms with Crippen LogP contribution < -0.4 is 5.32 Å². The zero-order valence-electron chi connectivity index (χ0n) is 23.9. The number of rotatable bonds is 8. The number of piperidine rings is 1. The molecule has 8 heteroatoms. The van der Waals surface area contributed by atoms with E-state index < -0.39 is 0 Å². The Balaban J connectivity index is 0.00000353. The van der Waals surface area contributed by atoms with E-state index in [4.69, 9.17) is 5.10 Å². The molecule has 1 N–H and O–H groups in total. The molecule has 39 heavy (non-hydrogen) atoms. The van der Waals surface area contributed by atoms with Crippen molar-refractivity contribution in [1.82, 2.24) is 24.9 Å². The zero-order chi connectivity index (χ0) is 26.6. The predicted octanol–water partition coefficient (Wildman–Crippen LogP) is 5.20. The third kappa shape index (κ3) is 6.35. The molecule has 2 saturated heterocycles. The summed E-state index contributed by atoms with van der Waals surface area (Å²) in [5.41, 5.74) is 4.64. The van der Waals surface area contributed by atoms with Gasteiger partial charge in [-0.2, -0.15) is 5.10 Å². The molecule has 1 aliphatic carbocycles. The molecule has 2 aliphatic heterocycles. The van der Waals surface area contributed by atoms with Crippen LogP contribution in [0.25, 0.3) is 5.69 Å². The summed E-state index contributed by atoms with van der Waals surface area (Å²) in [5.74, 6) is 0.784. The molecule has 1 aromatic heterocycles. The maximum atomic E-state index is 13.7. The van der Waals surface area contributed by atoms with E-state index in [0.717, 1.165) is 69.5 Å². The molecule has 214 valence electrons. The third-order valence-electron chi connectivity index (χ3n) is 9.23. The number of hydrogen-bond acceptors (Lipinski definition) is 4. The second kappa shape index (κ2) is 13.3. The number of benzene rings is 1. The smallest absolute Gasteiger partial charge is 0.246 e. The quantitative estimate of drug-likeness (QED) is 0.486. The second-order valence-electron chi connectivity index (χ2n) is 11.7. The molecule has 0 bridgehead atoms. The normalized spacial score (nSPS) is 23.5. The number of likely N-dealkylation sites (tertiary alicyclic amines) is 1. The van der Waals surface area contributed by atoms with Gasteiger partial charge in [0.2, 0.25) is 11.8 Å². The monoisotopic (exact) mass is 555 g/mol. The van der Waals surface area contributed by atoms with Gasteiger partial charge >= 0.3 is 0 Å². The molecule has 0 spiro atoms. The number of aromatic nitrogens is 2. The van der Waals surface area contributed by atoms with Gasteiger partial charge in [0.1, 0.15) is 12.1 Å². The second-order valence-corrected chi connectivity index (χ2v) is 11.7. The Labute approximate surface area is 240 Å². The Morgan fingerprint density at radius 2 is 1.64 bits per heavy atom. The van der Waals surface area contributed by atoms with Crippen LogP contribution >= 0.6 is 12.4 Å². The summed E-state index contributed by atoms with van der Waals surface area (Å²) in [7, 11) is 0. The molecule has 2 aromatic rings. The van der Waals surface area contributed by atoms with Crippen LogP contribution in [0.15, 0.2) is 30.3 Å². The Hall–Kier alpha value is -2.38. The van der Waals surface area contributed by atoms with E-state index in [1.165, 1.54) is 30.5 Å². The molecule has 1 unspecified atom stereocenters. The average Bonchev–Trinajstić information content (AvgIpc) is 3.23. The summed E-state index contributed by atoms with van der Waals surface area (Å²) in [6.45, 7) is 9.86. The maximum Gasteiger partial charge on any atom is 0.246 e. The summed E-state index contributed by atoms with van der Waals surface area (Å²) < 4.78 is 2.05. The maximum absolute atomic E-state index is 13.7. The van der Waals surface area contributed by atoms with Crippen LogP contribution in [0.4, 0.5) is 0 Å². The number of halogens is 1. The summed E-state index contributed by atoms with van der Waals surface area (Å²) in [4.78, 5) is 31.7. The summed E-state index contributed by atoms with van der Waals surface area (Å²) in [5, 5.41) is 8.05. The minimum atomic E-state index is -0.319. The number of nitrogens with zero attached hydrogens (tertiary/aromatic N) is 4. The van der Waals surface area contributed by atoms with Crippen molar-refractivity contribution in [2.45, 2.75) is 97.2 Å². The van der Waals surface area contributed by atoms with Crippen molar-refractivity contribution in [3.8, 4) is 5.69 Å². The van der Waals surface area contributed by atoms with Gasteiger partial charge in [0.25, 0.3) is 0 Å². The molecule has 2 amide bonds. The SMILES string of the molecule is CCCCN1C(=O)[C@H](C2CCCCC2)NC(=O)C1C1CCN(Cc2c(C)nn(-c3ccccc3)c2C)CC1.Cl. The number of aryl methyl sites for hydroxylation is 1. The molecule has 7 nitrogen and oxygen atoms in total. The first-order valence-corrected chi connectivity index (χ1v) is 14.9. The molecular formula is C31H46ClN5O2. The topological polar surface area (TPSA) is 70.5 Å². The number of carbonyl (C=O) groups is 2. The number of para-hydroxylation sites is 1. The van der Waals surface area contributed by atoms with Crippen LogP contribution in [0.5, 0.6) is 0 Å². The summed E-state index contributed by atoms with van der Waals surface area (Å²) >= 11 is 0. The number of unbranched alkanes of at least 4 members (excludes halogenated alkanes) is 1. The van der Waals surface area contributed by atoms with Gasteiger partial charge in [-0.1, -0.05) is 50.8 Å². The largest absolute Gasteiger partial charge is 0.342 e. The van der Waals surface area contributed by atoms with Crippen LogP contribution in [0.3, 0.4) is 0 Å². The minimum Gasteiger partial charge on any atom is -0.342 e. The lowest BCUT2D eigenvalue weighted by molar-refractivity contribution is -0.154. The standard InChI is InChI=1S/C31H45N5O2.ClH/c1-4-5-18-35-29(30(37)32-28(31(35)38)24-12-8-6-9-13-24)25-16-19-34(20-17-25)21-27-22(2)33-36(23(27)3)26-14-10-7-11-15-26;/h7,10-11,14-15,24-25,28-29H,4-6,8-9,12-13,16-21H2,1-3H3,(H,32,37);1H/t28-,29?;/m0./s1. The van der Waals surface area contributed by atoms with E-state index in [1.54, 1.807) is 0 Å². The fraction of sp³-hybridized carbons (Fsp3) is 0.645. The Bertz CT molecular complexity index is 1110. The highest BCUT2D eigenvalue weighted by molar-refractivity contribution is 5.97. The van der Waals surface area contributed by atoms with Gasteiger partial charge in [-0.15, -0.1) is 12.4 Å². The van der Waals surface area contributed by atoms with Crippen molar-refractivity contribution in [3.63, 3.8) is 0 Å². The first-order chi connectivity index (χ1) is 18.5. The van der Waals surface area contributed by atoms with Gasteiger partial charge in [-0.3, -0.25) is 14.5 Å². The van der Waals surface area contributed by atoms with Gasteiger partial charge in [0, 0.05) is 24.3 Å². The molecule has 0 radical (unpaired) electrons. The van der Waals surface area contributed by atoms with Crippen LogP contribution in [0.2, 0.25) is 0 Å².